The number of carbonyl (C=O) groups is 1. The molecule has 0 aromatic heterocycles. The fourth-order valence-corrected chi connectivity index (χ4v) is 3.52. The lowest BCUT2D eigenvalue weighted by Gasteiger charge is -2.37. The van der Waals surface area contributed by atoms with Gasteiger partial charge in [-0.3, -0.25) is 9.69 Å². The molecule has 0 spiro atoms. The van der Waals surface area contributed by atoms with Crippen LogP contribution in [0.15, 0.2) is 18.2 Å². The van der Waals surface area contributed by atoms with E-state index in [1.165, 1.54) is 23.5 Å². The molecule has 23 heavy (non-hydrogen) atoms. The minimum absolute atomic E-state index is 0.195. The largest absolute Gasteiger partial charge is 0.496 e. The van der Waals surface area contributed by atoms with Crippen LogP contribution in [0.25, 0.3) is 0 Å². The number of methoxy groups -OCH3 is 1. The van der Waals surface area contributed by atoms with Crippen molar-refractivity contribution in [2.75, 3.05) is 39.5 Å². The third kappa shape index (κ3) is 3.98. The molecule has 2 rings (SSSR count). The fourth-order valence-electron chi connectivity index (χ4n) is 2.70. The molecular weight excluding hydrogens is 327 g/mol. The number of hydrogen-bond donors (Lipinski definition) is 1. The van der Waals surface area contributed by atoms with Crippen molar-refractivity contribution in [3.05, 3.63) is 29.6 Å². The highest BCUT2D eigenvalue weighted by atomic mass is 32.2. The topological polar surface area (TPSA) is 87.2 Å². The van der Waals surface area contributed by atoms with Gasteiger partial charge < -0.3 is 9.84 Å². The van der Waals surface area contributed by atoms with E-state index in [0.29, 0.717) is 0 Å². The average molecular weight is 346 g/mol. The molecule has 9 heteroatoms. The maximum Gasteiger partial charge on any atom is 0.325 e. The number of ether oxygens (including phenoxy) is 1. The Morgan fingerprint density at radius 1 is 1.30 bits per heavy atom. The lowest BCUT2D eigenvalue weighted by molar-refractivity contribution is -0.144. The highest BCUT2D eigenvalue weighted by Crippen LogP contribution is 2.31. The normalized spacial score (nSPS) is 18.6. The van der Waals surface area contributed by atoms with Crippen LogP contribution in [0.5, 0.6) is 5.75 Å². The molecule has 7 nitrogen and oxygen atoms in total. The van der Waals surface area contributed by atoms with Gasteiger partial charge in [-0.2, -0.15) is 4.31 Å². The number of piperazine rings is 1. The standard InChI is InChI=1S/C14H19FN2O5S/c1-22-12-4-3-10(15)9-11(12)13(14(18)19)16-5-7-17(8-6-16)23(2,20)21/h3-4,9,13H,5-8H2,1-2H3,(H,18,19). The molecule has 0 saturated carbocycles. The molecule has 1 atom stereocenters. The Hall–Kier alpha value is -1.71. The Morgan fingerprint density at radius 3 is 2.39 bits per heavy atom. The van der Waals surface area contributed by atoms with Crippen LogP contribution >= 0.6 is 0 Å². The van der Waals surface area contributed by atoms with Gasteiger partial charge in [0.2, 0.25) is 10.0 Å². The van der Waals surface area contributed by atoms with Crippen molar-refractivity contribution in [1.82, 2.24) is 9.21 Å². The van der Waals surface area contributed by atoms with Crippen LogP contribution in [0.1, 0.15) is 11.6 Å². The molecule has 0 bridgehead atoms. The third-order valence-corrected chi connectivity index (χ3v) is 5.13. The second-order valence-corrected chi connectivity index (χ2v) is 7.31. The first-order valence-corrected chi connectivity index (χ1v) is 8.84. The molecule has 0 amide bonds. The van der Waals surface area contributed by atoms with E-state index in [9.17, 15) is 22.7 Å². The number of halogens is 1. The Kier molecular flexibility index (Phi) is 5.23. The van der Waals surface area contributed by atoms with E-state index in [1.54, 1.807) is 4.90 Å². The van der Waals surface area contributed by atoms with E-state index in [2.05, 4.69) is 0 Å². The predicted octanol–water partition coefficient (Wildman–Crippen LogP) is 0.537. The summed E-state index contributed by atoms with van der Waals surface area (Å²) in [5.41, 5.74) is 0.216. The zero-order valence-corrected chi connectivity index (χ0v) is 13.7. The van der Waals surface area contributed by atoms with Crippen molar-refractivity contribution >= 4 is 16.0 Å². The summed E-state index contributed by atoms with van der Waals surface area (Å²) in [6.07, 6.45) is 1.12. The van der Waals surface area contributed by atoms with E-state index in [-0.39, 0.29) is 37.5 Å². The molecule has 1 saturated heterocycles. The fraction of sp³-hybridized carbons (Fsp3) is 0.500. The van der Waals surface area contributed by atoms with Gasteiger partial charge in [-0.15, -0.1) is 0 Å². The molecule has 1 unspecified atom stereocenters. The Morgan fingerprint density at radius 2 is 1.91 bits per heavy atom. The molecule has 128 valence electrons. The predicted molar refractivity (Wildman–Crippen MR) is 81.3 cm³/mol. The van der Waals surface area contributed by atoms with Crippen LogP contribution in [-0.4, -0.2) is 68.2 Å². The lowest BCUT2D eigenvalue weighted by atomic mass is 10.0. The molecule has 1 fully saturated rings. The quantitative estimate of drug-likeness (QED) is 0.837. The van der Waals surface area contributed by atoms with E-state index in [1.807, 2.05) is 0 Å². The molecule has 0 radical (unpaired) electrons. The van der Waals surface area contributed by atoms with Gasteiger partial charge in [-0.25, -0.2) is 12.8 Å². The van der Waals surface area contributed by atoms with Crippen LogP contribution in [0, 0.1) is 5.82 Å². The molecular formula is C14H19FN2O5S. The maximum atomic E-state index is 13.5. The summed E-state index contributed by atoms with van der Waals surface area (Å²) >= 11 is 0. The zero-order valence-electron chi connectivity index (χ0n) is 12.9. The van der Waals surface area contributed by atoms with E-state index >= 15 is 0 Å². The Labute approximate surface area is 134 Å². The van der Waals surface area contributed by atoms with Gasteiger partial charge in [0.05, 0.1) is 13.4 Å². The number of sulfonamides is 1. The van der Waals surface area contributed by atoms with Crippen LogP contribution in [0.3, 0.4) is 0 Å². The van der Waals surface area contributed by atoms with Crippen molar-refractivity contribution in [1.29, 1.82) is 0 Å². The summed E-state index contributed by atoms with van der Waals surface area (Å²) in [6, 6.07) is 2.62. The van der Waals surface area contributed by atoms with Crippen LogP contribution in [-0.2, 0) is 14.8 Å². The number of nitrogens with zero attached hydrogens (tertiary/aromatic N) is 2. The first kappa shape index (κ1) is 17.6. The maximum absolute atomic E-state index is 13.5. The molecule has 1 heterocycles. The molecule has 1 aliphatic heterocycles. The van der Waals surface area contributed by atoms with Gasteiger partial charge in [0, 0.05) is 31.7 Å². The second-order valence-electron chi connectivity index (χ2n) is 5.33. The number of aliphatic carboxylic acids is 1. The molecule has 0 aliphatic carbocycles. The molecule has 1 aromatic carbocycles. The van der Waals surface area contributed by atoms with E-state index < -0.39 is 27.9 Å². The lowest BCUT2D eigenvalue weighted by Crippen LogP contribution is -2.50. The van der Waals surface area contributed by atoms with Crippen molar-refractivity contribution in [2.24, 2.45) is 0 Å². The van der Waals surface area contributed by atoms with Crippen molar-refractivity contribution in [3.8, 4) is 5.75 Å². The monoisotopic (exact) mass is 346 g/mol. The van der Waals surface area contributed by atoms with Crippen LogP contribution in [0.2, 0.25) is 0 Å². The highest BCUT2D eigenvalue weighted by molar-refractivity contribution is 7.88. The van der Waals surface area contributed by atoms with Crippen molar-refractivity contribution in [3.63, 3.8) is 0 Å². The minimum Gasteiger partial charge on any atom is -0.496 e. The van der Waals surface area contributed by atoms with Gasteiger partial charge in [-0.1, -0.05) is 0 Å². The Balaban J connectivity index is 2.28. The number of rotatable bonds is 5. The van der Waals surface area contributed by atoms with Crippen molar-refractivity contribution < 1.29 is 27.4 Å². The summed E-state index contributed by atoms with van der Waals surface area (Å²) in [5, 5.41) is 9.56. The first-order valence-electron chi connectivity index (χ1n) is 6.99. The van der Waals surface area contributed by atoms with Gasteiger partial charge in [0.15, 0.2) is 0 Å². The molecule has 1 aliphatic rings. The number of hydrogen-bond acceptors (Lipinski definition) is 5. The van der Waals surface area contributed by atoms with Gasteiger partial charge >= 0.3 is 5.97 Å². The summed E-state index contributed by atoms with van der Waals surface area (Å²) < 4.78 is 43.0. The summed E-state index contributed by atoms with van der Waals surface area (Å²) in [7, 11) is -1.92. The zero-order chi connectivity index (χ0) is 17.2. The summed E-state index contributed by atoms with van der Waals surface area (Å²) in [5.74, 6) is -1.41. The first-order chi connectivity index (χ1) is 10.7. The third-order valence-electron chi connectivity index (χ3n) is 3.83. The van der Waals surface area contributed by atoms with Crippen LogP contribution in [0.4, 0.5) is 4.39 Å². The second kappa shape index (κ2) is 6.81. The highest BCUT2D eigenvalue weighted by Gasteiger charge is 2.34. The molecule has 1 N–H and O–H groups in total. The van der Waals surface area contributed by atoms with Crippen LogP contribution < -0.4 is 4.74 Å². The van der Waals surface area contributed by atoms with E-state index in [0.717, 1.165) is 12.3 Å². The van der Waals surface area contributed by atoms with Gasteiger partial charge in [0.25, 0.3) is 0 Å². The number of carboxylic acid groups (broad SMARTS) is 1. The SMILES string of the molecule is COc1ccc(F)cc1C(C(=O)O)N1CCN(S(C)(=O)=O)CC1. The number of carboxylic acids is 1. The van der Waals surface area contributed by atoms with E-state index in [4.69, 9.17) is 4.74 Å². The smallest absolute Gasteiger partial charge is 0.325 e. The average Bonchev–Trinajstić information content (AvgIpc) is 2.47. The minimum atomic E-state index is -3.30. The summed E-state index contributed by atoms with van der Waals surface area (Å²) in [4.78, 5) is 13.3. The van der Waals surface area contributed by atoms with Crippen molar-refractivity contribution in [2.45, 2.75) is 6.04 Å². The van der Waals surface area contributed by atoms with Gasteiger partial charge in [0.1, 0.15) is 17.6 Å². The van der Waals surface area contributed by atoms with Gasteiger partial charge in [-0.05, 0) is 18.2 Å². The number of benzene rings is 1. The molecule has 1 aromatic rings. The summed E-state index contributed by atoms with van der Waals surface area (Å²) in [6.45, 7) is 0.869. The Bertz CT molecular complexity index is 686.